The van der Waals surface area contributed by atoms with Gasteiger partial charge in [0.2, 0.25) is 5.91 Å². The predicted octanol–water partition coefficient (Wildman–Crippen LogP) is 2.42. The minimum atomic E-state index is -0.258. The number of thioether (sulfide) groups is 1. The fraction of sp³-hybridized carbons (Fsp3) is 0.429. The summed E-state index contributed by atoms with van der Waals surface area (Å²) in [5.41, 5.74) is 1.31. The molecule has 102 valence electrons. The molecule has 1 fully saturated rings. The van der Waals surface area contributed by atoms with Gasteiger partial charge >= 0.3 is 6.03 Å². The molecule has 0 aromatic heterocycles. The number of carbonyl (C=O) groups is 2. The van der Waals surface area contributed by atoms with Crippen molar-refractivity contribution in [1.82, 2.24) is 10.2 Å². The first-order valence-corrected chi connectivity index (χ1v) is 7.48. The summed E-state index contributed by atoms with van der Waals surface area (Å²) >= 11 is 1.85. The Labute approximate surface area is 117 Å². The first kappa shape index (κ1) is 13.9. The molecule has 3 amide bonds. The van der Waals surface area contributed by atoms with Gasteiger partial charge in [-0.25, -0.2) is 4.79 Å². The summed E-state index contributed by atoms with van der Waals surface area (Å²) in [6, 6.07) is 10.1. The molecule has 0 unspecified atom stereocenters. The molecule has 1 aromatic carbocycles. The maximum Gasteiger partial charge on any atom is 0.324 e. The summed E-state index contributed by atoms with van der Waals surface area (Å²) in [5.74, 6) is 0.818. The fourth-order valence-corrected chi connectivity index (χ4v) is 2.98. The number of rotatable bonds is 6. The molecule has 1 aliphatic rings. The minimum Gasteiger partial charge on any atom is -0.329 e. The Balaban J connectivity index is 1.70. The highest BCUT2D eigenvalue weighted by Crippen LogP contribution is 2.28. The van der Waals surface area contributed by atoms with Crippen LogP contribution in [0.4, 0.5) is 4.79 Å². The Morgan fingerprint density at radius 1 is 1.32 bits per heavy atom. The van der Waals surface area contributed by atoms with Crippen molar-refractivity contribution in [3.05, 3.63) is 35.9 Å². The highest BCUT2D eigenvalue weighted by molar-refractivity contribution is 7.99. The van der Waals surface area contributed by atoms with Gasteiger partial charge in [0.1, 0.15) is 0 Å². The van der Waals surface area contributed by atoms with Crippen molar-refractivity contribution in [1.29, 1.82) is 0 Å². The van der Waals surface area contributed by atoms with Crippen LogP contribution in [0.3, 0.4) is 0 Å². The van der Waals surface area contributed by atoms with Gasteiger partial charge in [-0.2, -0.15) is 11.8 Å². The van der Waals surface area contributed by atoms with Crippen LogP contribution < -0.4 is 5.32 Å². The molecular formula is C14H18N2O2S. The van der Waals surface area contributed by atoms with Crippen molar-refractivity contribution in [3.63, 3.8) is 0 Å². The van der Waals surface area contributed by atoms with Crippen LogP contribution in [0.5, 0.6) is 0 Å². The molecule has 1 heterocycles. The summed E-state index contributed by atoms with van der Waals surface area (Å²) in [6.07, 6.45) is 0.834. The standard InChI is InChI=1S/C14H18N2O2S/c1-11(12-6-3-2-4-7-12)19-9-5-8-16-13(17)10-15-14(16)18/h2-4,6-7,11H,5,8-10H2,1H3,(H,15,18)/t11-/m0/s1. The van der Waals surface area contributed by atoms with E-state index in [2.05, 4.69) is 24.4 Å². The van der Waals surface area contributed by atoms with Crippen molar-refractivity contribution < 1.29 is 9.59 Å². The average molecular weight is 278 g/mol. The van der Waals surface area contributed by atoms with E-state index in [1.54, 1.807) is 0 Å². The van der Waals surface area contributed by atoms with Crippen molar-refractivity contribution in [2.24, 2.45) is 0 Å². The van der Waals surface area contributed by atoms with Crippen LogP contribution >= 0.6 is 11.8 Å². The number of nitrogens with one attached hydrogen (secondary N) is 1. The number of nitrogens with zero attached hydrogens (tertiary/aromatic N) is 1. The molecule has 1 atom stereocenters. The van der Waals surface area contributed by atoms with Crippen LogP contribution in [-0.2, 0) is 4.79 Å². The van der Waals surface area contributed by atoms with E-state index in [1.807, 2.05) is 30.0 Å². The Morgan fingerprint density at radius 3 is 2.68 bits per heavy atom. The molecule has 1 aliphatic heterocycles. The number of urea groups is 1. The SMILES string of the molecule is C[C@H](SCCCN1C(=O)CNC1=O)c1ccccc1. The van der Waals surface area contributed by atoms with Crippen molar-refractivity contribution >= 4 is 23.7 Å². The van der Waals surface area contributed by atoms with Crippen molar-refractivity contribution in [3.8, 4) is 0 Å². The first-order chi connectivity index (χ1) is 9.18. The topological polar surface area (TPSA) is 49.4 Å². The molecule has 4 nitrogen and oxygen atoms in total. The number of amides is 3. The van der Waals surface area contributed by atoms with Gasteiger partial charge in [0, 0.05) is 11.8 Å². The summed E-state index contributed by atoms with van der Waals surface area (Å²) < 4.78 is 0. The summed E-state index contributed by atoms with van der Waals surface area (Å²) in [6.45, 7) is 2.83. The van der Waals surface area contributed by atoms with E-state index >= 15 is 0 Å². The number of hydrogen-bond acceptors (Lipinski definition) is 3. The molecule has 5 heteroatoms. The summed E-state index contributed by atoms with van der Waals surface area (Å²) in [5, 5.41) is 2.96. The van der Waals surface area contributed by atoms with Gasteiger partial charge in [-0.1, -0.05) is 30.3 Å². The van der Waals surface area contributed by atoms with Gasteiger partial charge in [0.05, 0.1) is 6.54 Å². The second-order valence-electron chi connectivity index (χ2n) is 4.48. The second kappa shape index (κ2) is 6.61. The third kappa shape index (κ3) is 3.73. The van der Waals surface area contributed by atoms with E-state index in [4.69, 9.17) is 0 Å². The largest absolute Gasteiger partial charge is 0.329 e. The smallest absolute Gasteiger partial charge is 0.324 e. The van der Waals surface area contributed by atoms with Crippen LogP contribution in [0.2, 0.25) is 0 Å². The molecule has 2 rings (SSSR count). The zero-order chi connectivity index (χ0) is 13.7. The normalized spacial score (nSPS) is 16.6. The average Bonchev–Trinajstić information content (AvgIpc) is 2.75. The highest BCUT2D eigenvalue weighted by atomic mass is 32.2. The number of hydrogen-bond donors (Lipinski definition) is 1. The molecule has 19 heavy (non-hydrogen) atoms. The lowest BCUT2D eigenvalue weighted by atomic mass is 10.2. The molecular weight excluding hydrogens is 260 g/mol. The maximum atomic E-state index is 11.4. The van der Waals surface area contributed by atoms with Crippen LogP contribution in [0, 0.1) is 0 Å². The molecule has 1 aromatic rings. The van der Waals surface area contributed by atoms with E-state index in [9.17, 15) is 9.59 Å². The van der Waals surface area contributed by atoms with Gasteiger partial charge in [0.25, 0.3) is 0 Å². The maximum absolute atomic E-state index is 11.4. The summed E-state index contributed by atoms with van der Waals surface area (Å²) in [7, 11) is 0. The molecule has 0 radical (unpaired) electrons. The zero-order valence-corrected chi connectivity index (χ0v) is 11.8. The lowest BCUT2D eigenvalue weighted by Crippen LogP contribution is -2.32. The first-order valence-electron chi connectivity index (χ1n) is 6.43. The zero-order valence-electron chi connectivity index (χ0n) is 11.0. The van der Waals surface area contributed by atoms with Gasteiger partial charge in [-0.15, -0.1) is 0 Å². The second-order valence-corrected chi connectivity index (χ2v) is 5.93. The number of carbonyl (C=O) groups excluding carboxylic acids is 2. The van der Waals surface area contributed by atoms with Gasteiger partial charge in [-0.05, 0) is 24.7 Å². The van der Waals surface area contributed by atoms with E-state index < -0.39 is 0 Å². The third-order valence-corrected chi connectivity index (χ3v) is 4.40. The van der Waals surface area contributed by atoms with Crippen LogP contribution in [0.1, 0.15) is 24.2 Å². The van der Waals surface area contributed by atoms with Crippen LogP contribution in [-0.4, -0.2) is 35.7 Å². The van der Waals surface area contributed by atoms with E-state index in [1.165, 1.54) is 10.5 Å². The Bertz CT molecular complexity index is 434. The fourth-order valence-electron chi connectivity index (χ4n) is 1.98. The molecule has 0 aliphatic carbocycles. The quantitative estimate of drug-likeness (QED) is 0.642. The number of benzene rings is 1. The van der Waals surface area contributed by atoms with Crippen molar-refractivity contribution in [2.75, 3.05) is 18.8 Å². The lowest BCUT2D eigenvalue weighted by molar-refractivity contribution is -0.124. The van der Waals surface area contributed by atoms with Crippen molar-refractivity contribution in [2.45, 2.75) is 18.6 Å². The number of imide groups is 1. The Hall–Kier alpha value is -1.49. The van der Waals surface area contributed by atoms with E-state index in [0.29, 0.717) is 11.8 Å². The van der Waals surface area contributed by atoms with Gasteiger partial charge in [-0.3, -0.25) is 9.69 Å². The molecule has 1 N–H and O–H groups in total. The third-order valence-electron chi connectivity index (χ3n) is 3.10. The minimum absolute atomic E-state index is 0.119. The lowest BCUT2D eigenvalue weighted by Gasteiger charge is -2.14. The molecule has 0 bridgehead atoms. The Morgan fingerprint density at radius 2 is 2.05 bits per heavy atom. The van der Waals surface area contributed by atoms with Crippen LogP contribution in [0.25, 0.3) is 0 Å². The van der Waals surface area contributed by atoms with Gasteiger partial charge in [0.15, 0.2) is 0 Å². The monoisotopic (exact) mass is 278 g/mol. The van der Waals surface area contributed by atoms with E-state index in [0.717, 1.165) is 12.2 Å². The Kier molecular flexibility index (Phi) is 4.85. The molecule has 1 saturated heterocycles. The van der Waals surface area contributed by atoms with E-state index in [-0.39, 0.29) is 18.5 Å². The highest BCUT2D eigenvalue weighted by Gasteiger charge is 2.27. The van der Waals surface area contributed by atoms with Crippen LogP contribution in [0.15, 0.2) is 30.3 Å². The predicted molar refractivity (Wildman–Crippen MR) is 77.0 cm³/mol. The summed E-state index contributed by atoms with van der Waals surface area (Å²) in [4.78, 5) is 24.0. The molecule has 0 spiro atoms. The van der Waals surface area contributed by atoms with Gasteiger partial charge < -0.3 is 5.32 Å². The molecule has 0 saturated carbocycles.